The molecule has 1 saturated heterocycles. The van der Waals surface area contributed by atoms with Gasteiger partial charge < -0.3 is 9.64 Å². The van der Waals surface area contributed by atoms with E-state index in [4.69, 9.17) is 16.3 Å². The zero-order valence-electron chi connectivity index (χ0n) is 15.5. The Hall–Kier alpha value is -1.89. The summed E-state index contributed by atoms with van der Waals surface area (Å²) in [6, 6.07) is 1.76. The van der Waals surface area contributed by atoms with E-state index < -0.39 is 11.7 Å². The molecule has 2 heterocycles. The number of rotatable bonds is 1. The predicted octanol–water partition coefficient (Wildman–Crippen LogP) is 3.42. The van der Waals surface area contributed by atoms with E-state index >= 15 is 0 Å². The van der Waals surface area contributed by atoms with Gasteiger partial charge in [0.25, 0.3) is 5.91 Å². The second-order valence-corrected chi connectivity index (χ2v) is 8.35. The fourth-order valence-electron chi connectivity index (χ4n) is 3.78. The van der Waals surface area contributed by atoms with Crippen molar-refractivity contribution in [3.05, 3.63) is 17.5 Å². The summed E-state index contributed by atoms with van der Waals surface area (Å²) < 4.78 is 5.44. The first-order valence-corrected chi connectivity index (χ1v) is 9.38. The van der Waals surface area contributed by atoms with Crippen LogP contribution in [-0.4, -0.2) is 51.1 Å². The Labute approximate surface area is 158 Å². The van der Waals surface area contributed by atoms with Crippen LogP contribution in [0.5, 0.6) is 0 Å². The molecule has 1 spiro atoms. The van der Waals surface area contributed by atoms with Crippen molar-refractivity contribution >= 4 is 29.4 Å². The van der Waals surface area contributed by atoms with Gasteiger partial charge in [0.2, 0.25) is 5.28 Å². The van der Waals surface area contributed by atoms with Gasteiger partial charge in [0.1, 0.15) is 11.4 Å². The summed E-state index contributed by atoms with van der Waals surface area (Å²) in [5, 5.41) is 0.149. The molecule has 0 atom stereocenters. The van der Waals surface area contributed by atoms with Crippen LogP contribution < -0.4 is 4.90 Å². The Kier molecular flexibility index (Phi) is 5.10. The highest BCUT2D eigenvalue weighted by Crippen LogP contribution is 2.39. The first kappa shape index (κ1) is 18.9. The monoisotopic (exact) mass is 380 g/mol. The molecule has 3 rings (SSSR count). The molecule has 1 saturated carbocycles. The molecule has 8 heteroatoms. The van der Waals surface area contributed by atoms with Crippen molar-refractivity contribution in [3.63, 3.8) is 0 Å². The first-order chi connectivity index (χ1) is 12.2. The van der Waals surface area contributed by atoms with E-state index in [1.54, 1.807) is 33.0 Å². The summed E-state index contributed by atoms with van der Waals surface area (Å²) in [5.74, 6) is 0.342. The molecule has 0 N–H and O–H groups in total. The zero-order chi connectivity index (χ0) is 18.9. The van der Waals surface area contributed by atoms with Crippen LogP contribution in [0, 0.1) is 0 Å². The topological polar surface area (TPSA) is 75.6 Å². The van der Waals surface area contributed by atoms with Crippen LogP contribution in [-0.2, 0) is 9.53 Å². The highest BCUT2D eigenvalue weighted by atomic mass is 35.5. The van der Waals surface area contributed by atoms with Gasteiger partial charge >= 0.3 is 6.09 Å². The highest BCUT2D eigenvalue weighted by Gasteiger charge is 2.48. The Morgan fingerprint density at radius 3 is 2.58 bits per heavy atom. The first-order valence-electron chi connectivity index (χ1n) is 9.00. The van der Waals surface area contributed by atoms with E-state index in [1.807, 2.05) is 4.90 Å². The number of carbonyl (C=O) groups is 2. The molecule has 1 aromatic rings. The van der Waals surface area contributed by atoms with Crippen LogP contribution in [0.2, 0.25) is 5.28 Å². The third-order valence-electron chi connectivity index (χ3n) is 4.91. The summed E-state index contributed by atoms with van der Waals surface area (Å²) in [7, 11) is 0. The summed E-state index contributed by atoms with van der Waals surface area (Å²) in [6.07, 6.45) is 6.04. The quantitative estimate of drug-likeness (QED) is 0.695. The molecule has 7 nitrogen and oxygen atoms in total. The molecule has 0 unspecified atom stereocenters. The van der Waals surface area contributed by atoms with Gasteiger partial charge in [-0.25, -0.2) is 19.7 Å². The molecule has 2 amide bonds. The van der Waals surface area contributed by atoms with E-state index in [0.717, 1.165) is 32.1 Å². The zero-order valence-corrected chi connectivity index (χ0v) is 16.3. The second-order valence-electron chi connectivity index (χ2n) is 8.02. The second kappa shape index (κ2) is 7.02. The van der Waals surface area contributed by atoms with Gasteiger partial charge in [0, 0.05) is 6.20 Å². The molecule has 2 aliphatic rings. The Balaban J connectivity index is 1.91. The molecular formula is C18H25ClN4O3. The lowest BCUT2D eigenvalue weighted by molar-refractivity contribution is -0.132. The van der Waals surface area contributed by atoms with Crippen LogP contribution in [0.3, 0.4) is 0 Å². The van der Waals surface area contributed by atoms with E-state index in [2.05, 4.69) is 9.97 Å². The summed E-state index contributed by atoms with van der Waals surface area (Å²) >= 11 is 5.96. The summed E-state index contributed by atoms with van der Waals surface area (Å²) in [5.41, 5.74) is -0.977. The minimum atomic E-state index is -0.644. The molecule has 0 aromatic carbocycles. The number of anilines is 1. The van der Waals surface area contributed by atoms with E-state index in [0.29, 0.717) is 12.4 Å². The van der Waals surface area contributed by atoms with E-state index in [9.17, 15) is 9.59 Å². The number of imide groups is 1. The molecule has 0 radical (unpaired) electrons. The summed E-state index contributed by atoms with van der Waals surface area (Å²) in [4.78, 5) is 36.8. The molecule has 2 fully saturated rings. The average Bonchev–Trinajstić information content (AvgIpc) is 2.56. The van der Waals surface area contributed by atoms with Crippen molar-refractivity contribution in [3.8, 4) is 0 Å². The highest BCUT2D eigenvalue weighted by molar-refractivity contribution is 6.28. The number of carbonyl (C=O) groups excluding carboxylic acids is 2. The molecule has 0 bridgehead atoms. The molecule has 1 aliphatic heterocycles. The third kappa shape index (κ3) is 3.92. The lowest BCUT2D eigenvalue weighted by Gasteiger charge is -2.52. The van der Waals surface area contributed by atoms with Gasteiger partial charge in [0.05, 0.1) is 18.6 Å². The largest absolute Gasteiger partial charge is 0.443 e. The van der Waals surface area contributed by atoms with Gasteiger partial charge in [-0.3, -0.25) is 4.79 Å². The van der Waals surface area contributed by atoms with E-state index in [1.165, 1.54) is 4.90 Å². The van der Waals surface area contributed by atoms with E-state index in [-0.39, 0.29) is 23.3 Å². The van der Waals surface area contributed by atoms with Crippen molar-refractivity contribution in [2.45, 2.75) is 64.0 Å². The van der Waals surface area contributed by atoms with Crippen LogP contribution in [0.4, 0.5) is 10.6 Å². The predicted molar refractivity (Wildman–Crippen MR) is 98.2 cm³/mol. The maximum Gasteiger partial charge on any atom is 0.417 e. The minimum Gasteiger partial charge on any atom is -0.443 e. The Morgan fingerprint density at radius 2 is 1.96 bits per heavy atom. The normalized spacial score (nSPS) is 20.4. The van der Waals surface area contributed by atoms with Crippen LogP contribution in [0.25, 0.3) is 0 Å². The Bertz CT molecular complexity index is 698. The SMILES string of the molecule is CC(C)(C)OC(=O)N1CC2(CCCCC2)N(c2ccnc(Cl)n2)CC1=O. The number of hydrogen-bond donors (Lipinski definition) is 0. The maximum absolute atomic E-state index is 12.7. The van der Waals surface area contributed by atoms with Crippen LogP contribution in [0.15, 0.2) is 12.3 Å². The van der Waals surface area contributed by atoms with Gasteiger partial charge in [-0.1, -0.05) is 19.3 Å². The fraction of sp³-hybridized carbons (Fsp3) is 0.667. The average molecular weight is 381 g/mol. The number of hydrogen-bond acceptors (Lipinski definition) is 6. The van der Waals surface area contributed by atoms with Gasteiger partial charge in [-0.05, 0) is 51.3 Å². The van der Waals surface area contributed by atoms with Crippen LogP contribution >= 0.6 is 11.6 Å². The van der Waals surface area contributed by atoms with Crippen molar-refractivity contribution in [2.75, 3.05) is 18.0 Å². The van der Waals surface area contributed by atoms with Crippen molar-refractivity contribution in [1.29, 1.82) is 0 Å². The fourth-order valence-corrected chi connectivity index (χ4v) is 3.92. The number of amides is 2. The van der Waals surface area contributed by atoms with Crippen LogP contribution in [0.1, 0.15) is 52.9 Å². The molecule has 142 valence electrons. The van der Waals surface area contributed by atoms with Gasteiger partial charge in [-0.2, -0.15) is 0 Å². The molecular weight excluding hydrogens is 356 g/mol. The summed E-state index contributed by atoms with van der Waals surface area (Å²) in [6.45, 7) is 5.77. The lowest BCUT2D eigenvalue weighted by atomic mass is 9.78. The third-order valence-corrected chi connectivity index (χ3v) is 5.09. The van der Waals surface area contributed by atoms with Crippen molar-refractivity contribution in [2.24, 2.45) is 0 Å². The smallest absolute Gasteiger partial charge is 0.417 e. The standard InChI is InChI=1S/C18H25ClN4O3/c1-17(2,3)26-16(25)22-12-18(8-5-4-6-9-18)23(11-14(22)24)13-7-10-20-15(19)21-13/h7,10H,4-6,8-9,11-12H2,1-3H3. The molecule has 1 aliphatic carbocycles. The number of nitrogens with zero attached hydrogens (tertiary/aromatic N) is 4. The molecule has 1 aromatic heterocycles. The van der Waals surface area contributed by atoms with Crippen molar-refractivity contribution in [1.82, 2.24) is 14.9 Å². The minimum absolute atomic E-state index is 0.0760. The number of ether oxygens (including phenoxy) is 1. The number of piperazine rings is 1. The molecule has 26 heavy (non-hydrogen) atoms. The number of aromatic nitrogens is 2. The number of halogens is 1. The van der Waals surface area contributed by atoms with Gasteiger partial charge in [0.15, 0.2) is 0 Å². The Morgan fingerprint density at radius 1 is 1.27 bits per heavy atom. The maximum atomic E-state index is 12.7. The van der Waals surface area contributed by atoms with Crippen molar-refractivity contribution < 1.29 is 14.3 Å². The lowest BCUT2D eigenvalue weighted by Crippen LogP contribution is -2.66. The van der Waals surface area contributed by atoms with Gasteiger partial charge in [-0.15, -0.1) is 0 Å².